The predicted molar refractivity (Wildman–Crippen MR) is 59.8 cm³/mol. The molecule has 1 saturated heterocycles. The van der Waals surface area contributed by atoms with Crippen LogP contribution in [0.4, 0.5) is 0 Å². The number of nitrogens with zero attached hydrogens (tertiary/aromatic N) is 1. The second-order valence-electron chi connectivity index (χ2n) is 3.74. The SMILES string of the molecule is C=C(CN1CCCNC(=O)C1)C(=O)OCC. The van der Waals surface area contributed by atoms with Crippen molar-refractivity contribution < 1.29 is 14.3 Å². The van der Waals surface area contributed by atoms with Crippen molar-refractivity contribution >= 4 is 11.9 Å². The maximum Gasteiger partial charge on any atom is 0.334 e. The largest absolute Gasteiger partial charge is 0.463 e. The van der Waals surface area contributed by atoms with Gasteiger partial charge in [0.15, 0.2) is 0 Å². The fourth-order valence-electron chi connectivity index (χ4n) is 1.57. The van der Waals surface area contributed by atoms with Crippen molar-refractivity contribution in [1.82, 2.24) is 10.2 Å². The van der Waals surface area contributed by atoms with Gasteiger partial charge in [-0.05, 0) is 13.3 Å². The van der Waals surface area contributed by atoms with E-state index in [0.29, 0.717) is 31.8 Å². The molecule has 1 N–H and O–H groups in total. The summed E-state index contributed by atoms with van der Waals surface area (Å²) in [6, 6.07) is 0. The average molecular weight is 226 g/mol. The highest BCUT2D eigenvalue weighted by atomic mass is 16.5. The number of ether oxygens (including phenoxy) is 1. The monoisotopic (exact) mass is 226 g/mol. The third-order valence-corrected chi connectivity index (χ3v) is 2.32. The lowest BCUT2D eigenvalue weighted by Gasteiger charge is -2.18. The zero-order valence-corrected chi connectivity index (χ0v) is 9.62. The van der Waals surface area contributed by atoms with E-state index in [1.54, 1.807) is 6.92 Å². The molecule has 16 heavy (non-hydrogen) atoms. The molecule has 0 saturated carbocycles. The van der Waals surface area contributed by atoms with Crippen LogP contribution in [0.1, 0.15) is 13.3 Å². The van der Waals surface area contributed by atoms with Crippen LogP contribution < -0.4 is 5.32 Å². The molecular weight excluding hydrogens is 208 g/mol. The van der Waals surface area contributed by atoms with Gasteiger partial charge < -0.3 is 10.1 Å². The molecule has 1 heterocycles. The van der Waals surface area contributed by atoms with Gasteiger partial charge in [0.25, 0.3) is 0 Å². The summed E-state index contributed by atoms with van der Waals surface area (Å²) >= 11 is 0. The zero-order valence-electron chi connectivity index (χ0n) is 9.62. The Morgan fingerprint density at radius 3 is 3.06 bits per heavy atom. The lowest BCUT2D eigenvalue weighted by atomic mass is 10.2. The first-order valence-electron chi connectivity index (χ1n) is 5.47. The topological polar surface area (TPSA) is 58.6 Å². The highest BCUT2D eigenvalue weighted by molar-refractivity contribution is 5.88. The number of hydrogen-bond acceptors (Lipinski definition) is 4. The smallest absolute Gasteiger partial charge is 0.334 e. The van der Waals surface area contributed by atoms with Crippen LogP contribution in [0.25, 0.3) is 0 Å². The highest BCUT2D eigenvalue weighted by Gasteiger charge is 2.17. The Bertz CT molecular complexity index is 289. The van der Waals surface area contributed by atoms with Crippen LogP contribution in [0.2, 0.25) is 0 Å². The first kappa shape index (κ1) is 12.7. The lowest BCUT2D eigenvalue weighted by molar-refractivity contribution is -0.139. The summed E-state index contributed by atoms with van der Waals surface area (Å²) in [4.78, 5) is 24.5. The Morgan fingerprint density at radius 1 is 1.62 bits per heavy atom. The molecule has 1 aliphatic rings. The minimum Gasteiger partial charge on any atom is -0.463 e. The molecule has 1 fully saturated rings. The molecule has 5 heteroatoms. The third-order valence-electron chi connectivity index (χ3n) is 2.32. The molecule has 0 bridgehead atoms. The van der Waals surface area contributed by atoms with Gasteiger partial charge in [-0.15, -0.1) is 0 Å². The summed E-state index contributed by atoms with van der Waals surface area (Å²) in [5, 5.41) is 2.78. The Labute approximate surface area is 95.4 Å². The maximum absolute atomic E-state index is 11.3. The van der Waals surface area contributed by atoms with Crippen molar-refractivity contribution in [2.45, 2.75) is 13.3 Å². The summed E-state index contributed by atoms with van der Waals surface area (Å²) in [5.41, 5.74) is 0.400. The van der Waals surface area contributed by atoms with Crippen LogP contribution in [0.15, 0.2) is 12.2 Å². The second kappa shape index (κ2) is 6.27. The van der Waals surface area contributed by atoms with Crippen LogP contribution in [0, 0.1) is 0 Å². The van der Waals surface area contributed by atoms with Gasteiger partial charge in [0.2, 0.25) is 5.91 Å². The van der Waals surface area contributed by atoms with Crippen LogP contribution in [-0.4, -0.2) is 49.6 Å². The molecule has 1 amide bonds. The summed E-state index contributed by atoms with van der Waals surface area (Å²) in [7, 11) is 0. The molecule has 1 rings (SSSR count). The van der Waals surface area contributed by atoms with Gasteiger partial charge in [-0.1, -0.05) is 6.58 Å². The van der Waals surface area contributed by atoms with Crippen molar-refractivity contribution in [2.24, 2.45) is 0 Å². The standard InChI is InChI=1S/C11H18N2O3/c1-3-16-11(15)9(2)7-13-6-4-5-12-10(14)8-13/h2-8H2,1H3,(H,12,14). The van der Waals surface area contributed by atoms with Crippen LogP contribution >= 0.6 is 0 Å². The predicted octanol–water partition coefficient (Wildman–Crippen LogP) is -0.0724. The Balaban J connectivity index is 2.42. The molecule has 0 atom stereocenters. The number of carbonyl (C=O) groups is 2. The summed E-state index contributed by atoms with van der Waals surface area (Å²) in [5.74, 6) is -0.388. The normalized spacial score (nSPS) is 17.4. The molecule has 90 valence electrons. The quantitative estimate of drug-likeness (QED) is 0.538. The number of hydrogen-bond donors (Lipinski definition) is 1. The molecule has 0 aromatic carbocycles. The minimum atomic E-state index is -0.382. The highest BCUT2D eigenvalue weighted by Crippen LogP contribution is 2.02. The van der Waals surface area contributed by atoms with Gasteiger partial charge in [0.05, 0.1) is 13.2 Å². The van der Waals surface area contributed by atoms with E-state index in [2.05, 4.69) is 11.9 Å². The first-order chi connectivity index (χ1) is 7.63. The van der Waals surface area contributed by atoms with Gasteiger partial charge in [-0.2, -0.15) is 0 Å². The number of esters is 1. The molecule has 0 unspecified atom stereocenters. The second-order valence-corrected chi connectivity index (χ2v) is 3.74. The van der Waals surface area contributed by atoms with Crippen LogP contribution in [-0.2, 0) is 14.3 Å². The maximum atomic E-state index is 11.3. The minimum absolute atomic E-state index is 0.00541. The summed E-state index contributed by atoms with van der Waals surface area (Å²) in [6.07, 6.45) is 0.891. The fraction of sp³-hybridized carbons (Fsp3) is 0.636. The number of amides is 1. The van der Waals surface area contributed by atoms with E-state index < -0.39 is 0 Å². The van der Waals surface area contributed by atoms with E-state index in [0.717, 1.165) is 13.0 Å². The Kier molecular flexibility index (Phi) is 4.98. The van der Waals surface area contributed by atoms with Crippen molar-refractivity contribution in [3.8, 4) is 0 Å². The van der Waals surface area contributed by atoms with Crippen molar-refractivity contribution in [3.63, 3.8) is 0 Å². The lowest BCUT2D eigenvalue weighted by Crippen LogP contribution is -2.35. The van der Waals surface area contributed by atoms with Gasteiger partial charge >= 0.3 is 5.97 Å². The van der Waals surface area contributed by atoms with E-state index in [1.165, 1.54) is 0 Å². The van der Waals surface area contributed by atoms with Crippen LogP contribution in [0.3, 0.4) is 0 Å². The molecule has 5 nitrogen and oxygen atoms in total. The molecule has 0 aliphatic carbocycles. The number of nitrogens with one attached hydrogen (secondary N) is 1. The van der Waals surface area contributed by atoms with E-state index in [9.17, 15) is 9.59 Å². The molecule has 0 radical (unpaired) electrons. The molecule has 1 aliphatic heterocycles. The van der Waals surface area contributed by atoms with Crippen molar-refractivity contribution in [3.05, 3.63) is 12.2 Å². The van der Waals surface area contributed by atoms with Gasteiger partial charge in [-0.25, -0.2) is 4.79 Å². The van der Waals surface area contributed by atoms with Gasteiger partial charge in [-0.3, -0.25) is 9.69 Å². The van der Waals surface area contributed by atoms with Crippen LogP contribution in [0.5, 0.6) is 0 Å². The summed E-state index contributed by atoms with van der Waals surface area (Å²) in [6.45, 7) is 7.97. The zero-order chi connectivity index (χ0) is 12.0. The molecule has 0 aromatic rings. The number of carbonyl (C=O) groups excluding carboxylic acids is 2. The van der Waals surface area contributed by atoms with E-state index in [1.807, 2.05) is 4.90 Å². The van der Waals surface area contributed by atoms with E-state index in [4.69, 9.17) is 4.74 Å². The Morgan fingerprint density at radius 2 is 2.38 bits per heavy atom. The first-order valence-corrected chi connectivity index (χ1v) is 5.47. The van der Waals surface area contributed by atoms with E-state index in [-0.39, 0.29) is 11.9 Å². The van der Waals surface area contributed by atoms with Crippen molar-refractivity contribution in [2.75, 3.05) is 32.8 Å². The van der Waals surface area contributed by atoms with Gasteiger partial charge in [0.1, 0.15) is 0 Å². The molecular formula is C11H18N2O3. The van der Waals surface area contributed by atoms with Crippen molar-refractivity contribution in [1.29, 1.82) is 0 Å². The molecule has 0 aromatic heterocycles. The fourth-order valence-corrected chi connectivity index (χ4v) is 1.57. The average Bonchev–Trinajstić information content (AvgIpc) is 2.43. The Hall–Kier alpha value is -1.36. The van der Waals surface area contributed by atoms with Gasteiger partial charge in [0, 0.05) is 25.2 Å². The molecule has 0 spiro atoms. The number of rotatable bonds is 4. The third kappa shape index (κ3) is 4.02. The summed E-state index contributed by atoms with van der Waals surface area (Å²) < 4.78 is 4.84. The van der Waals surface area contributed by atoms with E-state index >= 15 is 0 Å².